The van der Waals surface area contributed by atoms with Gasteiger partial charge in [0.1, 0.15) is 11.9 Å². The molecule has 0 unspecified atom stereocenters. The number of aldehydes is 1. The molecular weight excluding hydrogens is 478 g/mol. The molecule has 0 aromatic carbocycles. The maximum Gasteiger partial charge on any atom is 0.312 e. The standard InChI is InChI=1S/C32H47NO5/c1-19(17-34)20-10-13-31(26(36)38-7)15-14-28(4)21(25(20)31)8-9-23-29(28,5)12-11-22-27(2,3)32(37,18-35)24(16-33)30(22,23)6/h17,20-25,35,37H,1,8-15,18H2,2-7H3/t20-,21+,22-,23-,24-,25+,28+,29+,30-,31-,32+/m0/s1. The molecule has 11 atom stereocenters. The Kier molecular flexibility index (Phi) is 6.15. The quantitative estimate of drug-likeness (QED) is 0.301. The molecule has 210 valence electrons. The molecule has 0 saturated heterocycles. The zero-order valence-corrected chi connectivity index (χ0v) is 24.2. The highest BCUT2D eigenvalue weighted by molar-refractivity contribution is 5.80. The average Bonchev–Trinajstić information content (AvgIpc) is 3.34. The van der Waals surface area contributed by atoms with Gasteiger partial charge in [0.2, 0.25) is 0 Å². The number of carbonyl (C=O) groups is 2. The van der Waals surface area contributed by atoms with Crippen LogP contribution in [0.25, 0.3) is 0 Å². The number of hydrogen-bond acceptors (Lipinski definition) is 6. The first-order valence-corrected chi connectivity index (χ1v) is 14.7. The van der Waals surface area contributed by atoms with Gasteiger partial charge in [-0.15, -0.1) is 0 Å². The summed E-state index contributed by atoms with van der Waals surface area (Å²) in [5, 5.41) is 32.8. The van der Waals surface area contributed by atoms with Gasteiger partial charge >= 0.3 is 5.97 Å². The number of methoxy groups -OCH3 is 1. The molecule has 5 fully saturated rings. The molecular formula is C32H47NO5. The van der Waals surface area contributed by atoms with Crippen molar-refractivity contribution in [2.75, 3.05) is 13.7 Å². The summed E-state index contributed by atoms with van der Waals surface area (Å²) in [7, 11) is 1.48. The number of ether oxygens (including phenoxy) is 1. The number of nitrogens with zero attached hydrogens (tertiary/aromatic N) is 1. The summed E-state index contributed by atoms with van der Waals surface area (Å²) >= 11 is 0. The maximum absolute atomic E-state index is 13.4. The Bertz CT molecular complexity index is 1090. The van der Waals surface area contributed by atoms with Gasteiger partial charge in [-0.2, -0.15) is 5.26 Å². The molecule has 0 aromatic rings. The zero-order chi connectivity index (χ0) is 28.1. The number of hydrogen-bond donors (Lipinski definition) is 2. The van der Waals surface area contributed by atoms with Crippen LogP contribution >= 0.6 is 0 Å². The van der Waals surface area contributed by atoms with Gasteiger partial charge < -0.3 is 14.9 Å². The highest BCUT2D eigenvalue weighted by Gasteiger charge is 2.78. The van der Waals surface area contributed by atoms with Crippen molar-refractivity contribution < 1.29 is 24.5 Å². The fourth-order valence-electron chi connectivity index (χ4n) is 12.2. The van der Waals surface area contributed by atoms with Crippen LogP contribution in [-0.4, -0.2) is 41.8 Å². The Labute approximate surface area is 228 Å². The van der Waals surface area contributed by atoms with Gasteiger partial charge in [-0.25, -0.2) is 0 Å². The van der Waals surface area contributed by atoms with Crippen LogP contribution in [0.3, 0.4) is 0 Å². The Morgan fingerprint density at radius 3 is 2.29 bits per heavy atom. The Hall–Kier alpha value is -1.71. The van der Waals surface area contributed by atoms with E-state index >= 15 is 0 Å². The van der Waals surface area contributed by atoms with Crippen molar-refractivity contribution >= 4 is 12.3 Å². The monoisotopic (exact) mass is 525 g/mol. The van der Waals surface area contributed by atoms with Crippen LogP contribution in [0.5, 0.6) is 0 Å². The van der Waals surface area contributed by atoms with Gasteiger partial charge in [0, 0.05) is 5.41 Å². The predicted octanol–water partition coefficient (Wildman–Crippen LogP) is 5.08. The largest absolute Gasteiger partial charge is 0.469 e. The molecule has 0 spiro atoms. The van der Waals surface area contributed by atoms with Crippen LogP contribution in [0.4, 0.5) is 0 Å². The van der Waals surface area contributed by atoms with E-state index < -0.39 is 34.4 Å². The van der Waals surface area contributed by atoms with Crippen molar-refractivity contribution in [3.8, 4) is 6.07 Å². The zero-order valence-electron chi connectivity index (χ0n) is 24.2. The fraction of sp³-hybridized carbons (Fsp3) is 0.844. The summed E-state index contributed by atoms with van der Waals surface area (Å²) in [5.74, 6) is -0.204. The summed E-state index contributed by atoms with van der Waals surface area (Å²) in [6, 6.07) is 2.51. The minimum Gasteiger partial charge on any atom is -0.469 e. The predicted molar refractivity (Wildman–Crippen MR) is 143 cm³/mol. The Morgan fingerprint density at radius 1 is 1.03 bits per heavy atom. The van der Waals surface area contributed by atoms with Gasteiger partial charge in [-0.05, 0) is 103 Å². The van der Waals surface area contributed by atoms with Crippen molar-refractivity contribution in [1.29, 1.82) is 5.26 Å². The lowest BCUT2D eigenvalue weighted by atomic mass is 9.34. The number of esters is 1. The highest BCUT2D eigenvalue weighted by atomic mass is 16.5. The van der Waals surface area contributed by atoms with E-state index in [-0.39, 0.29) is 46.4 Å². The number of aliphatic hydroxyl groups is 2. The van der Waals surface area contributed by atoms with Gasteiger partial charge in [0.25, 0.3) is 0 Å². The van der Waals surface area contributed by atoms with Crippen molar-refractivity contribution in [2.24, 2.45) is 62.6 Å². The number of aliphatic hydroxyl groups excluding tert-OH is 1. The van der Waals surface area contributed by atoms with E-state index in [1.807, 2.05) is 13.8 Å². The van der Waals surface area contributed by atoms with E-state index in [1.165, 1.54) is 7.11 Å². The van der Waals surface area contributed by atoms with Crippen molar-refractivity contribution in [3.05, 3.63) is 12.2 Å². The third-order valence-corrected chi connectivity index (χ3v) is 14.3. The van der Waals surface area contributed by atoms with E-state index in [2.05, 4.69) is 33.4 Å². The molecule has 5 aliphatic rings. The molecule has 0 heterocycles. The molecule has 0 aromatic heterocycles. The van der Waals surface area contributed by atoms with E-state index in [0.717, 1.165) is 57.7 Å². The van der Waals surface area contributed by atoms with E-state index in [0.29, 0.717) is 5.57 Å². The van der Waals surface area contributed by atoms with Crippen LogP contribution in [0.2, 0.25) is 0 Å². The molecule has 0 radical (unpaired) electrons. The molecule has 5 saturated carbocycles. The summed E-state index contributed by atoms with van der Waals surface area (Å²) in [6.45, 7) is 14.8. The van der Waals surface area contributed by atoms with Gasteiger partial charge in [-0.1, -0.05) is 41.2 Å². The number of rotatable bonds is 4. The minimum atomic E-state index is -1.45. The normalized spacial score (nSPS) is 52.5. The Balaban J connectivity index is 1.62. The fourth-order valence-corrected chi connectivity index (χ4v) is 12.2. The first-order valence-electron chi connectivity index (χ1n) is 14.7. The van der Waals surface area contributed by atoms with Gasteiger partial charge in [0.15, 0.2) is 0 Å². The smallest absolute Gasteiger partial charge is 0.312 e. The molecule has 2 N–H and O–H groups in total. The summed E-state index contributed by atoms with van der Waals surface area (Å²) < 4.78 is 5.42. The van der Waals surface area contributed by atoms with Crippen LogP contribution in [0.15, 0.2) is 12.2 Å². The minimum absolute atomic E-state index is 0.0138. The third-order valence-electron chi connectivity index (χ3n) is 14.3. The number of nitriles is 1. The molecule has 38 heavy (non-hydrogen) atoms. The summed E-state index contributed by atoms with van der Waals surface area (Å²) in [6.07, 6.45) is 7.78. The molecule has 5 aliphatic carbocycles. The Morgan fingerprint density at radius 2 is 1.71 bits per heavy atom. The second kappa shape index (κ2) is 8.40. The molecule has 6 nitrogen and oxygen atoms in total. The van der Waals surface area contributed by atoms with E-state index in [4.69, 9.17) is 4.74 Å². The number of allylic oxidation sites excluding steroid dienone is 1. The molecule has 0 aliphatic heterocycles. The second-order valence-corrected chi connectivity index (χ2v) is 14.9. The van der Waals surface area contributed by atoms with Gasteiger partial charge in [0.05, 0.1) is 31.1 Å². The maximum atomic E-state index is 13.4. The molecule has 0 bridgehead atoms. The van der Waals surface area contributed by atoms with Crippen molar-refractivity contribution in [3.63, 3.8) is 0 Å². The van der Waals surface area contributed by atoms with Crippen LogP contribution in [-0.2, 0) is 14.3 Å². The van der Waals surface area contributed by atoms with Crippen LogP contribution in [0, 0.1) is 73.9 Å². The van der Waals surface area contributed by atoms with Crippen molar-refractivity contribution in [2.45, 2.75) is 91.6 Å². The molecule has 6 heteroatoms. The summed E-state index contributed by atoms with van der Waals surface area (Å²) in [5.41, 5.74) is -2.64. The number of carbonyl (C=O) groups excluding carboxylic acids is 2. The highest BCUT2D eigenvalue weighted by Crippen LogP contribution is 2.80. The molecule has 5 rings (SSSR count). The first kappa shape index (κ1) is 27.8. The average molecular weight is 526 g/mol. The third kappa shape index (κ3) is 2.86. The van der Waals surface area contributed by atoms with Gasteiger partial charge in [-0.3, -0.25) is 9.59 Å². The van der Waals surface area contributed by atoms with Crippen LogP contribution < -0.4 is 0 Å². The lowest BCUT2D eigenvalue weighted by molar-refractivity contribution is -0.225. The molecule has 0 amide bonds. The van der Waals surface area contributed by atoms with E-state index in [1.54, 1.807) is 0 Å². The summed E-state index contributed by atoms with van der Waals surface area (Å²) in [4.78, 5) is 25.3. The first-order chi connectivity index (χ1) is 17.7. The topological polar surface area (TPSA) is 108 Å². The van der Waals surface area contributed by atoms with Crippen LogP contribution in [0.1, 0.15) is 86.0 Å². The van der Waals surface area contributed by atoms with Crippen molar-refractivity contribution in [1.82, 2.24) is 0 Å². The number of fused-ring (bicyclic) bond motifs is 7. The lowest BCUT2D eigenvalue weighted by Gasteiger charge is -2.70. The SMILES string of the molecule is C=C(C=O)[C@@H]1CC[C@]2(C(=O)OC)CC[C@]3(C)[C@H](CC[C@@H]4[C@]5(C)[C@@H](CC[C@]43C)C(C)(C)[C@@](O)(CO)[C@H]5C#N)[C@@H]12. The second-order valence-electron chi connectivity index (χ2n) is 14.9. The van der Waals surface area contributed by atoms with E-state index in [9.17, 15) is 25.1 Å². The lowest BCUT2D eigenvalue weighted by Crippen LogP contribution is -2.65.